The third-order valence-corrected chi connectivity index (χ3v) is 5.61. The third-order valence-electron chi connectivity index (χ3n) is 4.54. The highest BCUT2D eigenvalue weighted by molar-refractivity contribution is 8.00. The Hall–Kier alpha value is -1.24. The summed E-state index contributed by atoms with van der Waals surface area (Å²) in [5.74, 6) is 1.72. The predicted octanol–water partition coefficient (Wildman–Crippen LogP) is 1.44. The van der Waals surface area contributed by atoms with E-state index in [1.165, 1.54) is 11.8 Å². The molecule has 0 saturated carbocycles. The van der Waals surface area contributed by atoms with Gasteiger partial charge in [-0.3, -0.25) is 9.59 Å². The number of fused-ring (bicyclic) bond motifs is 2. The maximum absolute atomic E-state index is 12.6. The Bertz CT molecular complexity index is 613. The molecule has 0 unspecified atom stereocenters. The minimum absolute atomic E-state index is 0. The van der Waals surface area contributed by atoms with Gasteiger partial charge in [0, 0.05) is 36.6 Å². The number of amides is 2. The molecule has 118 valence electrons. The molecule has 2 atom stereocenters. The molecule has 0 bridgehead atoms. The molecule has 2 N–H and O–H groups in total. The number of thioether (sulfide) groups is 1. The highest BCUT2D eigenvalue weighted by Crippen LogP contribution is 2.33. The molecule has 22 heavy (non-hydrogen) atoms. The number of hydrogen-bond donors (Lipinski definition) is 2. The van der Waals surface area contributed by atoms with E-state index in [1.807, 2.05) is 23.1 Å². The molecule has 3 aliphatic heterocycles. The first-order valence-corrected chi connectivity index (χ1v) is 8.26. The maximum atomic E-state index is 12.6. The summed E-state index contributed by atoms with van der Waals surface area (Å²) >= 11 is 1.52. The van der Waals surface area contributed by atoms with Crippen LogP contribution in [0.2, 0.25) is 0 Å². The molecule has 0 radical (unpaired) electrons. The Kier molecular flexibility index (Phi) is 4.34. The van der Waals surface area contributed by atoms with Crippen molar-refractivity contribution >= 4 is 41.7 Å². The van der Waals surface area contributed by atoms with E-state index < -0.39 is 0 Å². The van der Waals surface area contributed by atoms with Gasteiger partial charge in [0.05, 0.1) is 11.4 Å². The van der Waals surface area contributed by atoms with Gasteiger partial charge >= 0.3 is 0 Å². The largest absolute Gasteiger partial charge is 0.338 e. The Labute approximate surface area is 139 Å². The van der Waals surface area contributed by atoms with E-state index in [0.717, 1.165) is 36.8 Å². The van der Waals surface area contributed by atoms with E-state index >= 15 is 0 Å². The van der Waals surface area contributed by atoms with Gasteiger partial charge in [-0.15, -0.1) is 24.2 Å². The van der Waals surface area contributed by atoms with Crippen LogP contribution >= 0.6 is 24.2 Å². The number of carbonyl (C=O) groups excluding carboxylic acids is 2. The van der Waals surface area contributed by atoms with E-state index in [2.05, 4.69) is 10.6 Å². The van der Waals surface area contributed by atoms with Gasteiger partial charge < -0.3 is 15.5 Å². The van der Waals surface area contributed by atoms with Gasteiger partial charge in [-0.2, -0.15) is 0 Å². The van der Waals surface area contributed by atoms with Gasteiger partial charge in [-0.25, -0.2) is 0 Å². The van der Waals surface area contributed by atoms with Crippen LogP contribution in [0.15, 0.2) is 23.1 Å². The number of likely N-dealkylation sites (tertiary alicyclic amines) is 1. The molecule has 1 aromatic carbocycles. The van der Waals surface area contributed by atoms with Crippen molar-refractivity contribution in [1.29, 1.82) is 0 Å². The molecule has 2 amide bonds. The molecular formula is C15H18ClN3O2S. The fourth-order valence-electron chi connectivity index (χ4n) is 3.42. The van der Waals surface area contributed by atoms with Gasteiger partial charge in [-0.05, 0) is 30.0 Å². The van der Waals surface area contributed by atoms with E-state index in [9.17, 15) is 9.59 Å². The minimum Gasteiger partial charge on any atom is -0.338 e. The standard InChI is InChI=1S/C15H17N3O2S.ClH/c19-14-8-21-13-2-1-9(3-12(13)17-14)15(20)18-6-10-4-16-5-11(10)7-18;/h1-3,10-11,16H,4-8H2,(H,17,19);1H/t10-,11+;. The predicted molar refractivity (Wildman–Crippen MR) is 88.8 cm³/mol. The zero-order valence-corrected chi connectivity index (χ0v) is 13.6. The van der Waals surface area contributed by atoms with Crippen LogP contribution in [0, 0.1) is 11.8 Å². The third kappa shape index (κ3) is 2.71. The van der Waals surface area contributed by atoms with E-state index in [0.29, 0.717) is 23.2 Å². The molecule has 4 rings (SSSR count). The van der Waals surface area contributed by atoms with Crippen molar-refractivity contribution in [3.05, 3.63) is 23.8 Å². The number of anilines is 1. The van der Waals surface area contributed by atoms with Crippen LogP contribution in [0.1, 0.15) is 10.4 Å². The summed E-state index contributed by atoms with van der Waals surface area (Å²) in [6.07, 6.45) is 0. The second-order valence-corrected chi connectivity index (χ2v) is 6.95. The monoisotopic (exact) mass is 339 g/mol. The topological polar surface area (TPSA) is 61.4 Å². The van der Waals surface area contributed by atoms with Crippen LogP contribution in [-0.4, -0.2) is 48.6 Å². The van der Waals surface area contributed by atoms with Crippen molar-refractivity contribution in [3.63, 3.8) is 0 Å². The Morgan fingerprint density at radius 3 is 2.68 bits per heavy atom. The van der Waals surface area contributed by atoms with Gasteiger partial charge in [0.2, 0.25) is 5.91 Å². The lowest BCUT2D eigenvalue weighted by Gasteiger charge is -2.20. The molecule has 7 heteroatoms. The van der Waals surface area contributed by atoms with Crippen LogP contribution in [0.5, 0.6) is 0 Å². The normalized spacial score (nSPS) is 26.0. The number of nitrogens with zero attached hydrogens (tertiary/aromatic N) is 1. The number of carbonyl (C=O) groups is 2. The number of nitrogens with one attached hydrogen (secondary N) is 2. The molecule has 2 fully saturated rings. The minimum atomic E-state index is -0.00104. The van der Waals surface area contributed by atoms with Crippen LogP contribution < -0.4 is 10.6 Å². The summed E-state index contributed by atoms with van der Waals surface area (Å²) < 4.78 is 0. The highest BCUT2D eigenvalue weighted by Gasteiger charge is 2.38. The van der Waals surface area contributed by atoms with Gasteiger partial charge in [0.1, 0.15) is 0 Å². The molecule has 2 saturated heterocycles. The average molecular weight is 340 g/mol. The number of halogens is 1. The number of rotatable bonds is 1. The van der Waals surface area contributed by atoms with Crippen molar-refractivity contribution in [2.24, 2.45) is 11.8 Å². The molecule has 1 aromatic rings. The SMILES string of the molecule is Cl.O=C1CSc2ccc(C(=O)N3C[C@H]4CNC[C@H]4C3)cc2N1. The summed E-state index contributed by atoms with van der Waals surface area (Å²) in [5, 5.41) is 6.23. The molecule has 5 nitrogen and oxygen atoms in total. The summed E-state index contributed by atoms with van der Waals surface area (Å²) in [5.41, 5.74) is 1.44. The molecule has 0 aromatic heterocycles. The quantitative estimate of drug-likeness (QED) is 0.813. The second-order valence-electron chi connectivity index (χ2n) is 5.94. The molecule has 3 heterocycles. The van der Waals surface area contributed by atoms with Crippen LogP contribution in [-0.2, 0) is 4.79 Å². The smallest absolute Gasteiger partial charge is 0.253 e. The zero-order chi connectivity index (χ0) is 14.4. The van der Waals surface area contributed by atoms with Gasteiger partial charge in [0.25, 0.3) is 5.91 Å². The fraction of sp³-hybridized carbons (Fsp3) is 0.467. The summed E-state index contributed by atoms with van der Waals surface area (Å²) in [6.45, 7) is 3.72. The molecular weight excluding hydrogens is 322 g/mol. The fourth-order valence-corrected chi connectivity index (χ4v) is 4.21. The van der Waals surface area contributed by atoms with Crippen LogP contribution in [0.3, 0.4) is 0 Å². The first-order chi connectivity index (χ1) is 10.2. The van der Waals surface area contributed by atoms with Gasteiger partial charge in [0.15, 0.2) is 0 Å². The van der Waals surface area contributed by atoms with Crippen molar-refractivity contribution < 1.29 is 9.59 Å². The molecule has 0 aliphatic carbocycles. The zero-order valence-electron chi connectivity index (χ0n) is 12.0. The lowest BCUT2D eigenvalue weighted by atomic mass is 10.0. The first-order valence-electron chi connectivity index (χ1n) is 7.27. The average Bonchev–Trinajstić information content (AvgIpc) is 3.06. The Morgan fingerprint density at radius 2 is 1.95 bits per heavy atom. The van der Waals surface area contributed by atoms with Crippen LogP contribution in [0.4, 0.5) is 5.69 Å². The lowest BCUT2D eigenvalue weighted by Crippen LogP contribution is -2.32. The highest BCUT2D eigenvalue weighted by atomic mass is 35.5. The van der Waals surface area contributed by atoms with Crippen molar-refractivity contribution in [2.45, 2.75) is 4.90 Å². The lowest BCUT2D eigenvalue weighted by molar-refractivity contribution is -0.113. The van der Waals surface area contributed by atoms with E-state index in [-0.39, 0.29) is 24.2 Å². The van der Waals surface area contributed by atoms with Crippen LogP contribution in [0.25, 0.3) is 0 Å². The van der Waals surface area contributed by atoms with Crippen molar-refractivity contribution in [3.8, 4) is 0 Å². The summed E-state index contributed by atoms with van der Waals surface area (Å²) in [6, 6.07) is 5.62. The number of benzene rings is 1. The van der Waals surface area contributed by atoms with Crippen molar-refractivity contribution in [1.82, 2.24) is 10.2 Å². The first kappa shape index (κ1) is 15.6. The number of hydrogen-bond acceptors (Lipinski definition) is 4. The second kappa shape index (κ2) is 6.10. The molecule has 0 spiro atoms. The van der Waals surface area contributed by atoms with E-state index in [1.54, 1.807) is 0 Å². The Balaban J connectivity index is 0.00000144. The van der Waals surface area contributed by atoms with Gasteiger partial charge in [-0.1, -0.05) is 0 Å². The molecule has 3 aliphatic rings. The maximum Gasteiger partial charge on any atom is 0.253 e. The van der Waals surface area contributed by atoms with E-state index in [4.69, 9.17) is 0 Å². The van der Waals surface area contributed by atoms with Crippen molar-refractivity contribution in [2.75, 3.05) is 37.2 Å². The summed E-state index contributed by atoms with van der Waals surface area (Å²) in [4.78, 5) is 27.1. The summed E-state index contributed by atoms with van der Waals surface area (Å²) in [7, 11) is 0. The Morgan fingerprint density at radius 1 is 1.23 bits per heavy atom.